The lowest BCUT2D eigenvalue weighted by Crippen LogP contribution is -2.49. The Kier molecular flexibility index (Phi) is 8.70. The molecule has 0 aliphatic rings. The molecular weight excluding hydrogens is 226 g/mol. The standard InChI is InChI=1S/C11H23NO3S/c1-3-12-11(2,10(14)15)6-4-5-8-16-9-7-13/h12-13H,3-9H2,1-2H3,(H,14,15). The zero-order valence-electron chi connectivity index (χ0n) is 10.2. The van der Waals surface area contributed by atoms with Gasteiger partial charge in [-0.05, 0) is 32.1 Å². The molecule has 3 N–H and O–H groups in total. The van der Waals surface area contributed by atoms with Gasteiger partial charge in [0, 0.05) is 5.75 Å². The van der Waals surface area contributed by atoms with Crippen LogP contribution in [-0.4, -0.2) is 46.4 Å². The minimum atomic E-state index is -0.795. The SMILES string of the molecule is CCNC(C)(CCCCSCCO)C(=O)O. The molecule has 0 aliphatic carbocycles. The fourth-order valence-electron chi connectivity index (χ4n) is 1.51. The van der Waals surface area contributed by atoms with E-state index < -0.39 is 11.5 Å². The van der Waals surface area contributed by atoms with Crippen LogP contribution in [0.3, 0.4) is 0 Å². The average Bonchev–Trinajstić information content (AvgIpc) is 2.23. The highest BCUT2D eigenvalue weighted by molar-refractivity contribution is 7.99. The summed E-state index contributed by atoms with van der Waals surface area (Å²) in [5, 5.41) is 20.7. The van der Waals surface area contributed by atoms with Gasteiger partial charge in [-0.3, -0.25) is 4.79 Å². The summed E-state index contributed by atoms with van der Waals surface area (Å²) in [5.74, 6) is 0.976. The number of carboxylic acids is 1. The smallest absolute Gasteiger partial charge is 0.323 e. The highest BCUT2D eigenvalue weighted by Gasteiger charge is 2.30. The first-order valence-electron chi connectivity index (χ1n) is 5.74. The van der Waals surface area contributed by atoms with Crippen LogP contribution >= 0.6 is 11.8 Å². The Morgan fingerprint density at radius 1 is 1.38 bits per heavy atom. The number of nitrogens with one attached hydrogen (secondary N) is 1. The second-order valence-corrected chi connectivity index (χ2v) is 5.19. The lowest BCUT2D eigenvalue weighted by Gasteiger charge is -2.25. The van der Waals surface area contributed by atoms with Crippen molar-refractivity contribution in [3.8, 4) is 0 Å². The van der Waals surface area contributed by atoms with Gasteiger partial charge in [0.1, 0.15) is 5.54 Å². The molecule has 0 bridgehead atoms. The molecule has 0 saturated carbocycles. The molecule has 0 aromatic heterocycles. The molecule has 5 heteroatoms. The van der Waals surface area contributed by atoms with Gasteiger partial charge in [-0.2, -0.15) is 11.8 Å². The highest BCUT2D eigenvalue weighted by atomic mass is 32.2. The first-order valence-corrected chi connectivity index (χ1v) is 6.89. The molecule has 16 heavy (non-hydrogen) atoms. The fourth-order valence-corrected chi connectivity index (χ4v) is 2.25. The number of aliphatic hydroxyl groups is 1. The second kappa shape index (κ2) is 8.84. The largest absolute Gasteiger partial charge is 0.480 e. The zero-order valence-corrected chi connectivity index (χ0v) is 11.0. The number of rotatable bonds is 10. The summed E-state index contributed by atoms with van der Waals surface area (Å²) in [6, 6.07) is 0. The van der Waals surface area contributed by atoms with E-state index in [4.69, 9.17) is 10.2 Å². The molecule has 1 unspecified atom stereocenters. The zero-order chi connectivity index (χ0) is 12.4. The Morgan fingerprint density at radius 3 is 2.56 bits per heavy atom. The van der Waals surface area contributed by atoms with Gasteiger partial charge in [-0.1, -0.05) is 13.3 Å². The third-order valence-electron chi connectivity index (χ3n) is 2.49. The van der Waals surface area contributed by atoms with E-state index in [-0.39, 0.29) is 6.61 Å². The van der Waals surface area contributed by atoms with Gasteiger partial charge in [0.25, 0.3) is 0 Å². The van der Waals surface area contributed by atoms with Crippen LogP contribution in [0, 0.1) is 0 Å². The van der Waals surface area contributed by atoms with Crippen LogP contribution in [0.15, 0.2) is 0 Å². The van der Waals surface area contributed by atoms with Crippen LogP contribution in [0.1, 0.15) is 33.1 Å². The number of likely N-dealkylation sites (N-methyl/N-ethyl adjacent to an activating group) is 1. The van der Waals surface area contributed by atoms with E-state index in [0.717, 1.165) is 24.3 Å². The third kappa shape index (κ3) is 6.35. The number of unbranched alkanes of at least 4 members (excludes halogenated alkanes) is 1. The Hall–Kier alpha value is -0.260. The van der Waals surface area contributed by atoms with Crippen molar-refractivity contribution in [2.45, 2.75) is 38.6 Å². The summed E-state index contributed by atoms with van der Waals surface area (Å²) in [7, 11) is 0. The Balaban J connectivity index is 3.73. The summed E-state index contributed by atoms with van der Waals surface area (Å²) in [4.78, 5) is 11.1. The predicted octanol–water partition coefficient (Wildman–Crippen LogP) is 1.33. The van der Waals surface area contributed by atoms with Crippen LogP contribution in [0.25, 0.3) is 0 Å². The van der Waals surface area contributed by atoms with Gasteiger partial charge in [0.15, 0.2) is 0 Å². The summed E-state index contributed by atoms with van der Waals surface area (Å²) in [5.41, 5.74) is -0.795. The van der Waals surface area contributed by atoms with Crippen LogP contribution in [0.2, 0.25) is 0 Å². The van der Waals surface area contributed by atoms with E-state index in [2.05, 4.69) is 5.32 Å². The summed E-state index contributed by atoms with van der Waals surface area (Å²) >= 11 is 1.71. The predicted molar refractivity (Wildman–Crippen MR) is 68.0 cm³/mol. The molecular formula is C11H23NO3S. The van der Waals surface area contributed by atoms with E-state index >= 15 is 0 Å². The maximum Gasteiger partial charge on any atom is 0.323 e. The van der Waals surface area contributed by atoms with Crippen molar-refractivity contribution < 1.29 is 15.0 Å². The van der Waals surface area contributed by atoms with E-state index in [1.807, 2.05) is 6.92 Å². The Morgan fingerprint density at radius 2 is 2.06 bits per heavy atom. The van der Waals surface area contributed by atoms with Crippen molar-refractivity contribution in [3.63, 3.8) is 0 Å². The molecule has 4 nitrogen and oxygen atoms in total. The monoisotopic (exact) mass is 249 g/mol. The molecule has 0 heterocycles. The minimum Gasteiger partial charge on any atom is -0.480 e. The number of thioether (sulfide) groups is 1. The second-order valence-electron chi connectivity index (χ2n) is 3.96. The van der Waals surface area contributed by atoms with Gasteiger partial charge in [0.05, 0.1) is 6.61 Å². The molecule has 0 aromatic carbocycles. The Bertz CT molecular complexity index is 202. The van der Waals surface area contributed by atoms with Crippen LogP contribution in [-0.2, 0) is 4.79 Å². The van der Waals surface area contributed by atoms with Crippen LogP contribution in [0.5, 0.6) is 0 Å². The number of aliphatic hydroxyl groups excluding tert-OH is 1. The molecule has 0 radical (unpaired) electrons. The molecule has 0 saturated heterocycles. The van der Waals surface area contributed by atoms with Crippen molar-refractivity contribution in [1.82, 2.24) is 5.32 Å². The van der Waals surface area contributed by atoms with Crippen molar-refractivity contribution in [2.75, 3.05) is 24.7 Å². The fraction of sp³-hybridized carbons (Fsp3) is 0.909. The van der Waals surface area contributed by atoms with Gasteiger partial charge >= 0.3 is 5.97 Å². The first kappa shape index (κ1) is 15.7. The van der Waals surface area contributed by atoms with Crippen LogP contribution < -0.4 is 5.32 Å². The van der Waals surface area contributed by atoms with Crippen molar-refractivity contribution in [3.05, 3.63) is 0 Å². The number of hydrogen-bond donors (Lipinski definition) is 3. The van der Waals surface area contributed by atoms with Crippen molar-refractivity contribution >= 4 is 17.7 Å². The van der Waals surface area contributed by atoms with Gasteiger partial charge in [-0.15, -0.1) is 0 Å². The molecule has 96 valence electrons. The van der Waals surface area contributed by atoms with Gasteiger partial charge in [0.2, 0.25) is 0 Å². The number of carboxylic acid groups (broad SMARTS) is 1. The minimum absolute atomic E-state index is 0.217. The maximum atomic E-state index is 11.1. The van der Waals surface area contributed by atoms with E-state index in [1.54, 1.807) is 18.7 Å². The number of aliphatic carboxylic acids is 1. The average molecular weight is 249 g/mol. The van der Waals surface area contributed by atoms with Crippen LogP contribution in [0.4, 0.5) is 0 Å². The summed E-state index contributed by atoms with van der Waals surface area (Å²) in [6.07, 6.45) is 2.54. The number of carbonyl (C=O) groups is 1. The Labute approximate surface area is 102 Å². The normalized spacial score (nSPS) is 14.7. The molecule has 0 aromatic rings. The van der Waals surface area contributed by atoms with Crippen molar-refractivity contribution in [2.24, 2.45) is 0 Å². The topological polar surface area (TPSA) is 69.6 Å². The van der Waals surface area contributed by atoms with E-state index in [0.29, 0.717) is 13.0 Å². The van der Waals surface area contributed by atoms with E-state index in [1.165, 1.54) is 0 Å². The van der Waals surface area contributed by atoms with E-state index in [9.17, 15) is 4.79 Å². The maximum absolute atomic E-state index is 11.1. The lowest BCUT2D eigenvalue weighted by molar-refractivity contribution is -0.144. The third-order valence-corrected chi connectivity index (χ3v) is 3.54. The highest BCUT2D eigenvalue weighted by Crippen LogP contribution is 2.15. The number of hydrogen-bond acceptors (Lipinski definition) is 4. The lowest BCUT2D eigenvalue weighted by atomic mass is 9.95. The molecule has 0 rings (SSSR count). The molecule has 0 spiro atoms. The van der Waals surface area contributed by atoms with Gasteiger partial charge < -0.3 is 15.5 Å². The quantitative estimate of drug-likeness (QED) is 0.510. The summed E-state index contributed by atoms with van der Waals surface area (Å²) < 4.78 is 0. The molecule has 0 fully saturated rings. The molecule has 0 amide bonds. The molecule has 1 atom stereocenters. The molecule has 0 aliphatic heterocycles. The van der Waals surface area contributed by atoms with Gasteiger partial charge in [-0.25, -0.2) is 0 Å². The van der Waals surface area contributed by atoms with Crippen molar-refractivity contribution in [1.29, 1.82) is 0 Å². The summed E-state index contributed by atoms with van der Waals surface area (Å²) in [6.45, 7) is 4.54. The first-order chi connectivity index (χ1) is 7.56.